The van der Waals surface area contributed by atoms with Gasteiger partial charge in [-0.1, -0.05) is 13.3 Å². The van der Waals surface area contributed by atoms with Crippen molar-refractivity contribution in [3.63, 3.8) is 0 Å². The number of hydrogen-bond donors (Lipinski definition) is 2. The molecule has 0 aliphatic heterocycles. The fraction of sp³-hybridized carbons (Fsp3) is 0.500. The second kappa shape index (κ2) is 6.26. The van der Waals surface area contributed by atoms with Gasteiger partial charge in [-0.3, -0.25) is 0 Å². The van der Waals surface area contributed by atoms with Gasteiger partial charge in [0, 0.05) is 18.7 Å². The quantitative estimate of drug-likeness (QED) is 0.775. The summed E-state index contributed by atoms with van der Waals surface area (Å²) in [5.74, 6) is -0.440. The summed E-state index contributed by atoms with van der Waals surface area (Å²) in [6, 6.07) is 2.61. The number of hydrogen-bond acceptors (Lipinski definition) is 3. The molecular weight excluding hydrogens is 255 g/mol. The molecule has 18 heavy (non-hydrogen) atoms. The van der Waals surface area contributed by atoms with E-state index in [4.69, 9.17) is 5.73 Å². The smallest absolute Gasteiger partial charge is 0.240 e. The second-order valence-corrected chi connectivity index (χ2v) is 5.94. The van der Waals surface area contributed by atoms with Gasteiger partial charge in [0.15, 0.2) is 0 Å². The predicted molar refractivity (Wildman–Crippen MR) is 69.1 cm³/mol. The van der Waals surface area contributed by atoms with Gasteiger partial charge in [0.2, 0.25) is 10.0 Å². The molecular formula is C12H19FN2O2S. The van der Waals surface area contributed by atoms with E-state index in [-0.39, 0.29) is 22.6 Å². The van der Waals surface area contributed by atoms with Crippen LogP contribution in [0.15, 0.2) is 17.0 Å². The standard InChI is InChI=1S/C12H19FN2O2S/c1-3-4-5-15-18(16,17)11-6-9(2)12(13)10(7-11)8-14/h6-7,15H,3-5,8,14H2,1-2H3. The van der Waals surface area contributed by atoms with Gasteiger partial charge in [-0.15, -0.1) is 0 Å². The predicted octanol–water partition coefficient (Wildman–Crippen LogP) is 1.67. The number of benzene rings is 1. The van der Waals surface area contributed by atoms with E-state index in [0.29, 0.717) is 6.54 Å². The molecule has 0 unspecified atom stereocenters. The number of aryl methyl sites for hydroxylation is 1. The number of halogens is 1. The third kappa shape index (κ3) is 3.51. The van der Waals surface area contributed by atoms with Crippen molar-refractivity contribution in [3.05, 3.63) is 29.1 Å². The molecule has 1 aromatic rings. The zero-order valence-electron chi connectivity index (χ0n) is 10.7. The van der Waals surface area contributed by atoms with Gasteiger partial charge in [-0.2, -0.15) is 0 Å². The van der Waals surface area contributed by atoms with Crippen LogP contribution in [0.25, 0.3) is 0 Å². The normalized spacial score (nSPS) is 11.8. The van der Waals surface area contributed by atoms with E-state index >= 15 is 0 Å². The molecule has 1 rings (SSSR count). The molecule has 1 aromatic carbocycles. The van der Waals surface area contributed by atoms with Crippen LogP contribution in [0.3, 0.4) is 0 Å². The highest BCUT2D eigenvalue weighted by Crippen LogP contribution is 2.18. The number of rotatable bonds is 6. The maximum absolute atomic E-state index is 13.6. The molecule has 0 aromatic heterocycles. The lowest BCUT2D eigenvalue weighted by Crippen LogP contribution is -2.25. The minimum absolute atomic E-state index is 0.0228. The first-order valence-electron chi connectivity index (χ1n) is 5.91. The van der Waals surface area contributed by atoms with E-state index in [1.54, 1.807) is 0 Å². The molecule has 0 radical (unpaired) electrons. The third-order valence-electron chi connectivity index (χ3n) is 2.66. The van der Waals surface area contributed by atoms with Crippen LogP contribution in [0.2, 0.25) is 0 Å². The largest absolute Gasteiger partial charge is 0.326 e. The minimum Gasteiger partial charge on any atom is -0.326 e. The van der Waals surface area contributed by atoms with Gasteiger partial charge >= 0.3 is 0 Å². The highest BCUT2D eigenvalue weighted by molar-refractivity contribution is 7.89. The van der Waals surface area contributed by atoms with Gasteiger partial charge in [-0.25, -0.2) is 17.5 Å². The molecule has 0 aliphatic rings. The number of nitrogens with one attached hydrogen (secondary N) is 1. The molecule has 0 saturated heterocycles. The molecule has 0 heterocycles. The summed E-state index contributed by atoms with van der Waals surface area (Å²) in [5.41, 5.74) is 5.90. The molecule has 0 saturated carbocycles. The van der Waals surface area contributed by atoms with Crippen molar-refractivity contribution in [1.82, 2.24) is 4.72 Å². The van der Waals surface area contributed by atoms with E-state index in [1.165, 1.54) is 19.1 Å². The zero-order chi connectivity index (χ0) is 13.8. The van der Waals surface area contributed by atoms with Crippen LogP contribution in [-0.4, -0.2) is 15.0 Å². The maximum Gasteiger partial charge on any atom is 0.240 e. The van der Waals surface area contributed by atoms with E-state index in [9.17, 15) is 12.8 Å². The van der Waals surface area contributed by atoms with Crippen molar-refractivity contribution >= 4 is 10.0 Å². The Labute approximate surface area is 107 Å². The molecule has 0 spiro atoms. The Hall–Kier alpha value is -0.980. The molecule has 6 heteroatoms. The Balaban J connectivity index is 3.05. The summed E-state index contributed by atoms with van der Waals surface area (Å²) in [6.07, 6.45) is 1.67. The Bertz CT molecular complexity index is 515. The summed E-state index contributed by atoms with van der Waals surface area (Å²) < 4.78 is 40.0. The fourth-order valence-corrected chi connectivity index (χ4v) is 2.79. The first kappa shape index (κ1) is 15.1. The SMILES string of the molecule is CCCCNS(=O)(=O)c1cc(C)c(F)c(CN)c1. The molecule has 0 atom stereocenters. The lowest BCUT2D eigenvalue weighted by atomic mass is 10.1. The third-order valence-corrected chi connectivity index (χ3v) is 4.10. The van der Waals surface area contributed by atoms with Gasteiger partial charge in [-0.05, 0) is 31.0 Å². The molecule has 0 amide bonds. The molecule has 0 aliphatic carbocycles. The van der Waals surface area contributed by atoms with Crippen molar-refractivity contribution in [1.29, 1.82) is 0 Å². The summed E-state index contributed by atoms with van der Waals surface area (Å²) in [7, 11) is -3.58. The Morgan fingerprint density at radius 3 is 2.61 bits per heavy atom. The van der Waals surface area contributed by atoms with Crippen LogP contribution >= 0.6 is 0 Å². The zero-order valence-corrected chi connectivity index (χ0v) is 11.5. The summed E-state index contributed by atoms with van der Waals surface area (Å²) in [4.78, 5) is 0.0675. The van der Waals surface area contributed by atoms with Crippen molar-refractivity contribution in [3.8, 4) is 0 Å². The highest BCUT2D eigenvalue weighted by Gasteiger charge is 2.17. The fourth-order valence-electron chi connectivity index (χ4n) is 1.58. The van der Waals surface area contributed by atoms with E-state index < -0.39 is 15.8 Å². The minimum atomic E-state index is -3.58. The Morgan fingerprint density at radius 2 is 2.06 bits per heavy atom. The number of unbranched alkanes of at least 4 members (excludes halogenated alkanes) is 1. The van der Waals surface area contributed by atoms with Crippen molar-refractivity contribution in [2.45, 2.75) is 38.1 Å². The van der Waals surface area contributed by atoms with Crippen LogP contribution in [-0.2, 0) is 16.6 Å². The summed E-state index contributed by atoms with van der Waals surface area (Å²) >= 11 is 0. The monoisotopic (exact) mass is 274 g/mol. The van der Waals surface area contributed by atoms with E-state index in [0.717, 1.165) is 12.8 Å². The first-order valence-corrected chi connectivity index (χ1v) is 7.39. The molecule has 0 bridgehead atoms. The molecule has 102 valence electrons. The average Bonchev–Trinajstić information content (AvgIpc) is 2.32. The van der Waals surface area contributed by atoms with Crippen molar-refractivity contribution in [2.24, 2.45) is 5.73 Å². The van der Waals surface area contributed by atoms with Gasteiger partial charge in [0.1, 0.15) is 5.82 Å². The lowest BCUT2D eigenvalue weighted by Gasteiger charge is -2.10. The highest BCUT2D eigenvalue weighted by atomic mass is 32.2. The van der Waals surface area contributed by atoms with Gasteiger partial charge < -0.3 is 5.73 Å². The molecule has 0 fully saturated rings. The van der Waals surface area contributed by atoms with Crippen LogP contribution in [0.5, 0.6) is 0 Å². The average molecular weight is 274 g/mol. The second-order valence-electron chi connectivity index (χ2n) is 4.17. The summed E-state index contributed by atoms with van der Waals surface area (Å²) in [6.45, 7) is 3.86. The number of sulfonamides is 1. The number of nitrogens with two attached hydrogens (primary N) is 1. The van der Waals surface area contributed by atoms with Crippen LogP contribution in [0.4, 0.5) is 4.39 Å². The Kier molecular flexibility index (Phi) is 5.25. The first-order chi connectivity index (χ1) is 8.42. The summed E-state index contributed by atoms with van der Waals surface area (Å²) in [5, 5.41) is 0. The van der Waals surface area contributed by atoms with Crippen LogP contribution in [0, 0.1) is 12.7 Å². The maximum atomic E-state index is 13.6. The van der Waals surface area contributed by atoms with Crippen LogP contribution < -0.4 is 10.5 Å². The van der Waals surface area contributed by atoms with Gasteiger partial charge in [0.05, 0.1) is 4.90 Å². The van der Waals surface area contributed by atoms with E-state index in [2.05, 4.69) is 4.72 Å². The lowest BCUT2D eigenvalue weighted by molar-refractivity contribution is 0.575. The van der Waals surface area contributed by atoms with E-state index in [1.807, 2.05) is 6.92 Å². The van der Waals surface area contributed by atoms with Gasteiger partial charge in [0.25, 0.3) is 0 Å². The topological polar surface area (TPSA) is 72.2 Å². The van der Waals surface area contributed by atoms with Crippen molar-refractivity contribution < 1.29 is 12.8 Å². The molecule has 4 nitrogen and oxygen atoms in total. The molecule has 3 N–H and O–H groups in total. The van der Waals surface area contributed by atoms with Crippen LogP contribution in [0.1, 0.15) is 30.9 Å². The Morgan fingerprint density at radius 1 is 1.39 bits per heavy atom. The van der Waals surface area contributed by atoms with Crippen molar-refractivity contribution in [2.75, 3.05) is 6.54 Å².